The molecule has 0 aromatic carbocycles. The van der Waals surface area contributed by atoms with E-state index in [2.05, 4.69) is 0 Å². The molecular weight excluding hydrogens is 127 g/mol. The van der Waals surface area contributed by atoms with E-state index in [0.29, 0.717) is 0 Å². The summed E-state index contributed by atoms with van der Waals surface area (Å²) in [4.78, 5) is 0. The van der Waals surface area contributed by atoms with Gasteiger partial charge in [0.15, 0.2) is 6.16 Å². The van der Waals surface area contributed by atoms with Crippen LogP contribution in [0.2, 0.25) is 0 Å². The van der Waals surface area contributed by atoms with Crippen molar-refractivity contribution in [3.8, 4) is 0 Å². The smallest absolute Gasteiger partial charge is 0.161 e. The lowest BCUT2D eigenvalue weighted by molar-refractivity contribution is 0.592. The molecule has 0 spiro atoms. The summed E-state index contributed by atoms with van der Waals surface area (Å²) in [5.74, 6) is 1.03. The Hall–Kier alpha value is 0.450. The topological polar surface area (TPSA) is 17.1 Å². The fourth-order valence-corrected chi connectivity index (χ4v) is 1.98. The first kappa shape index (κ1) is 7.45. The minimum Gasteiger partial charge on any atom is -0.161 e. The van der Waals surface area contributed by atoms with Crippen molar-refractivity contribution in [3.63, 3.8) is 0 Å². The lowest BCUT2D eigenvalue weighted by Gasteiger charge is -1.78. The number of rotatable bonds is 3. The molecule has 0 aromatic rings. The van der Waals surface area contributed by atoms with Gasteiger partial charge in [-0.25, -0.2) is 0 Å². The van der Waals surface area contributed by atoms with Gasteiger partial charge in [-0.3, -0.25) is 0 Å². The van der Waals surface area contributed by atoms with Crippen LogP contribution in [0.25, 0.3) is 0 Å². The maximum atomic E-state index is 10.3. The van der Waals surface area contributed by atoms with E-state index in [4.69, 9.17) is 0 Å². The lowest BCUT2D eigenvalue weighted by atomic mass is 11.0. The van der Waals surface area contributed by atoms with Gasteiger partial charge in [0.05, 0.1) is 0 Å². The monoisotopic (exact) mass is 137 g/mol. The molecule has 1 nitrogen and oxygen atoms in total. The maximum Gasteiger partial charge on any atom is 0.336 e. The van der Waals surface area contributed by atoms with Crippen molar-refractivity contribution < 1.29 is 4.57 Å². The van der Waals surface area contributed by atoms with E-state index in [1.165, 1.54) is 0 Å². The normalized spacial score (nSPS) is 11.4. The van der Waals surface area contributed by atoms with Crippen molar-refractivity contribution in [3.05, 3.63) is 0 Å². The molecule has 0 N–H and O–H groups in total. The molecule has 7 heavy (non-hydrogen) atoms. The Labute approximate surface area is 49.7 Å². The lowest BCUT2D eigenvalue weighted by Crippen LogP contribution is -1.78. The van der Waals surface area contributed by atoms with Crippen LogP contribution in [0.4, 0.5) is 0 Å². The van der Waals surface area contributed by atoms with E-state index < -0.39 is 7.80 Å². The molecule has 42 valence electrons. The van der Waals surface area contributed by atoms with Crippen LogP contribution in [0.15, 0.2) is 0 Å². The quantitative estimate of drug-likeness (QED) is 0.552. The van der Waals surface area contributed by atoms with Gasteiger partial charge in [-0.1, -0.05) is 4.57 Å². The molecule has 0 aliphatic heterocycles. The Morgan fingerprint density at radius 3 is 2.43 bits per heavy atom. The van der Waals surface area contributed by atoms with E-state index in [9.17, 15) is 4.57 Å². The number of hydrogen-bond donors (Lipinski definition) is 0. The molecule has 1 atom stereocenters. The molecule has 0 bridgehead atoms. The zero-order chi connectivity index (χ0) is 5.70. The average molecular weight is 137 g/mol. The van der Waals surface area contributed by atoms with Gasteiger partial charge in [0.2, 0.25) is 0 Å². The summed E-state index contributed by atoms with van der Waals surface area (Å²) in [6, 6.07) is 0. The molecule has 0 amide bonds. The molecule has 3 heteroatoms. The largest absolute Gasteiger partial charge is 0.336 e. The van der Waals surface area contributed by atoms with Gasteiger partial charge in [0.1, 0.15) is 6.66 Å². The highest BCUT2D eigenvalue weighted by Crippen LogP contribution is 2.13. The Morgan fingerprint density at radius 1 is 1.71 bits per heavy atom. The molecule has 0 aromatic heterocycles. The van der Waals surface area contributed by atoms with Crippen molar-refractivity contribution in [2.45, 2.75) is 0 Å². The van der Waals surface area contributed by atoms with E-state index >= 15 is 0 Å². The van der Waals surface area contributed by atoms with Crippen molar-refractivity contribution in [2.24, 2.45) is 0 Å². The third-order valence-electron chi connectivity index (χ3n) is 0.610. The first-order chi connectivity index (χ1) is 3.27. The van der Waals surface area contributed by atoms with Crippen LogP contribution in [-0.2, 0) is 4.57 Å². The number of hydrogen-bond acceptors (Lipinski definition) is 2. The first-order valence-corrected chi connectivity index (χ1v) is 5.43. The summed E-state index contributed by atoms with van der Waals surface area (Å²) in [6.45, 7) is 1.77. The predicted octanol–water partition coefficient (Wildman–Crippen LogP) is 1.81. The van der Waals surface area contributed by atoms with Crippen LogP contribution < -0.4 is 0 Å². The molecule has 0 rings (SSSR count). The van der Waals surface area contributed by atoms with Gasteiger partial charge < -0.3 is 0 Å². The Bertz CT molecular complexity index is 64.7. The molecule has 0 aliphatic rings. The Morgan fingerprint density at radius 2 is 2.29 bits per heavy atom. The molecule has 0 radical (unpaired) electrons. The Kier molecular flexibility index (Phi) is 4.90. The molecular formula is C4H10OPS+. The minimum atomic E-state index is -0.877. The second kappa shape index (κ2) is 4.61. The minimum absolute atomic E-state index is 0.872. The van der Waals surface area contributed by atoms with Gasteiger partial charge in [0.25, 0.3) is 0 Å². The fourth-order valence-electron chi connectivity index (χ4n) is 0.220. The number of thioether (sulfide) groups is 1. The summed E-state index contributed by atoms with van der Waals surface area (Å²) in [7, 11) is -0.877. The van der Waals surface area contributed by atoms with Crippen LogP contribution in [-0.4, -0.2) is 24.8 Å². The SMILES string of the molecule is CSCC[P+](C)=O. The molecule has 0 fully saturated rings. The molecule has 0 aliphatic carbocycles. The van der Waals surface area contributed by atoms with Crippen LogP contribution in [0.5, 0.6) is 0 Å². The predicted molar refractivity (Wildman–Crippen MR) is 36.8 cm³/mol. The molecule has 0 heterocycles. The summed E-state index contributed by atoms with van der Waals surface area (Å²) in [6.07, 6.45) is 2.90. The summed E-state index contributed by atoms with van der Waals surface area (Å²) in [5, 5.41) is 0. The van der Waals surface area contributed by atoms with E-state index in [1.54, 1.807) is 18.4 Å². The van der Waals surface area contributed by atoms with Crippen LogP contribution >= 0.6 is 19.6 Å². The average Bonchev–Trinajstić information content (AvgIpc) is 1.61. The van der Waals surface area contributed by atoms with Crippen LogP contribution in [0.3, 0.4) is 0 Å². The molecule has 0 saturated heterocycles. The van der Waals surface area contributed by atoms with Crippen molar-refractivity contribution >= 4 is 19.6 Å². The van der Waals surface area contributed by atoms with E-state index in [1.807, 2.05) is 6.26 Å². The standard InChI is InChI=1S/C4H10OPS/c1-6(5)3-4-7-2/h3-4H2,1-2H3/q+1. The van der Waals surface area contributed by atoms with Gasteiger partial charge in [-0.2, -0.15) is 11.8 Å². The zero-order valence-corrected chi connectivity index (χ0v) is 6.39. The van der Waals surface area contributed by atoms with Crippen LogP contribution in [0.1, 0.15) is 0 Å². The highest BCUT2D eigenvalue weighted by molar-refractivity contribution is 7.98. The van der Waals surface area contributed by atoms with Crippen molar-refractivity contribution in [1.82, 2.24) is 0 Å². The summed E-state index contributed by atoms with van der Waals surface area (Å²) >= 11 is 1.75. The summed E-state index contributed by atoms with van der Waals surface area (Å²) < 4.78 is 10.3. The Balaban J connectivity index is 2.82. The molecule has 0 saturated carbocycles. The van der Waals surface area contributed by atoms with Gasteiger partial charge in [-0.15, -0.1) is 0 Å². The van der Waals surface area contributed by atoms with Gasteiger partial charge in [0, 0.05) is 5.75 Å². The first-order valence-electron chi connectivity index (χ1n) is 2.14. The summed E-state index contributed by atoms with van der Waals surface area (Å²) in [5.41, 5.74) is 0. The van der Waals surface area contributed by atoms with Crippen molar-refractivity contribution in [2.75, 3.05) is 24.8 Å². The second-order valence-electron chi connectivity index (χ2n) is 1.34. The van der Waals surface area contributed by atoms with Crippen LogP contribution in [0, 0.1) is 0 Å². The highest BCUT2D eigenvalue weighted by atomic mass is 32.2. The fraction of sp³-hybridized carbons (Fsp3) is 1.00. The van der Waals surface area contributed by atoms with Gasteiger partial charge >= 0.3 is 7.80 Å². The third-order valence-corrected chi connectivity index (χ3v) is 2.38. The zero-order valence-electron chi connectivity index (χ0n) is 4.68. The maximum absolute atomic E-state index is 10.3. The van der Waals surface area contributed by atoms with E-state index in [-0.39, 0.29) is 0 Å². The van der Waals surface area contributed by atoms with E-state index in [0.717, 1.165) is 11.9 Å². The third kappa shape index (κ3) is 6.45. The van der Waals surface area contributed by atoms with Crippen molar-refractivity contribution in [1.29, 1.82) is 0 Å². The molecule has 1 unspecified atom stereocenters. The highest BCUT2D eigenvalue weighted by Gasteiger charge is 2.01. The van der Waals surface area contributed by atoms with Gasteiger partial charge in [-0.05, 0) is 6.26 Å². The second-order valence-corrected chi connectivity index (χ2v) is 4.03.